The van der Waals surface area contributed by atoms with E-state index in [1.54, 1.807) is 0 Å². The van der Waals surface area contributed by atoms with E-state index in [9.17, 15) is 18.9 Å². The molecule has 0 bridgehead atoms. The van der Waals surface area contributed by atoms with E-state index in [4.69, 9.17) is 0 Å². The minimum atomic E-state index is -2.73. The summed E-state index contributed by atoms with van der Waals surface area (Å²) < 4.78 is 24.2. The van der Waals surface area contributed by atoms with E-state index >= 15 is 0 Å². The van der Waals surface area contributed by atoms with E-state index < -0.39 is 16.9 Å². The maximum absolute atomic E-state index is 12.1. The number of alkyl halides is 2. The Balaban J connectivity index is 3.19. The second kappa shape index (κ2) is 3.42. The van der Waals surface area contributed by atoms with E-state index in [0.717, 1.165) is 12.3 Å². The average Bonchev–Trinajstić information content (AvgIpc) is 2.04. The smallest absolute Gasteiger partial charge is 0.258 e. The maximum Gasteiger partial charge on any atom is 0.290 e. The summed E-state index contributed by atoms with van der Waals surface area (Å²) in [6.07, 6.45) is -1.79. The molecule has 1 aromatic rings. The number of rotatable bonds is 2. The zero-order valence-electron chi connectivity index (χ0n) is 6.70. The van der Waals surface area contributed by atoms with Crippen LogP contribution in [0.25, 0.3) is 0 Å². The molecule has 0 aromatic carbocycles. The fraction of sp³-hybridized carbons (Fsp3) is 0.286. The summed E-state index contributed by atoms with van der Waals surface area (Å²) in [5, 5.41) is 10.3. The van der Waals surface area contributed by atoms with Crippen molar-refractivity contribution in [3.8, 4) is 0 Å². The van der Waals surface area contributed by atoms with Gasteiger partial charge in [0.2, 0.25) is 0 Å². The molecule has 6 heteroatoms. The summed E-state index contributed by atoms with van der Waals surface area (Å²) in [6, 6.07) is 0.840. The minimum absolute atomic E-state index is 0.134. The summed E-state index contributed by atoms with van der Waals surface area (Å²) in [5.74, 6) is 0. The van der Waals surface area contributed by atoms with Gasteiger partial charge in [-0.25, -0.2) is 8.78 Å². The molecule has 70 valence electrons. The van der Waals surface area contributed by atoms with Gasteiger partial charge in [-0.15, -0.1) is 0 Å². The molecular formula is C7H6F2N2O2. The van der Waals surface area contributed by atoms with Gasteiger partial charge in [0.1, 0.15) is 5.69 Å². The number of hydrogen-bond donors (Lipinski definition) is 0. The van der Waals surface area contributed by atoms with Gasteiger partial charge in [-0.2, -0.15) is 0 Å². The van der Waals surface area contributed by atoms with Gasteiger partial charge in [0.05, 0.1) is 4.92 Å². The third-order valence-corrected chi connectivity index (χ3v) is 1.53. The van der Waals surface area contributed by atoms with Crippen LogP contribution >= 0.6 is 0 Å². The Morgan fingerprint density at radius 1 is 1.62 bits per heavy atom. The molecule has 1 rings (SSSR count). The lowest BCUT2D eigenvalue weighted by Crippen LogP contribution is -1.96. The fourth-order valence-electron chi connectivity index (χ4n) is 0.841. The first kappa shape index (κ1) is 9.50. The molecule has 0 radical (unpaired) electrons. The highest BCUT2D eigenvalue weighted by atomic mass is 19.3. The summed E-state index contributed by atoms with van der Waals surface area (Å²) >= 11 is 0. The Bertz CT molecular complexity index is 341. The highest BCUT2D eigenvalue weighted by Gasteiger charge is 2.16. The summed E-state index contributed by atoms with van der Waals surface area (Å²) in [6.45, 7) is 1.40. The number of pyridine rings is 1. The Hall–Kier alpha value is -1.59. The van der Waals surface area contributed by atoms with E-state index in [2.05, 4.69) is 4.98 Å². The van der Waals surface area contributed by atoms with E-state index in [0.29, 0.717) is 0 Å². The first-order chi connectivity index (χ1) is 6.02. The molecule has 0 aliphatic heterocycles. The number of halogens is 2. The Morgan fingerprint density at radius 2 is 2.23 bits per heavy atom. The SMILES string of the molecule is Cc1ncc(C(F)F)cc1[N+](=O)[O-]. The van der Waals surface area contributed by atoms with Crippen LogP contribution in [0.4, 0.5) is 14.5 Å². The molecule has 4 nitrogen and oxygen atoms in total. The van der Waals surface area contributed by atoms with Crippen LogP contribution in [-0.2, 0) is 0 Å². The molecule has 0 spiro atoms. The van der Waals surface area contributed by atoms with Crippen molar-refractivity contribution in [2.75, 3.05) is 0 Å². The van der Waals surface area contributed by atoms with Gasteiger partial charge in [-0.05, 0) is 6.92 Å². The lowest BCUT2D eigenvalue weighted by atomic mass is 10.2. The van der Waals surface area contributed by atoms with Gasteiger partial charge in [-0.3, -0.25) is 15.1 Å². The molecule has 1 aromatic heterocycles. The number of aryl methyl sites for hydroxylation is 1. The Kier molecular flexibility index (Phi) is 2.50. The van der Waals surface area contributed by atoms with Gasteiger partial charge in [-0.1, -0.05) is 0 Å². The van der Waals surface area contributed by atoms with Crippen LogP contribution in [0.2, 0.25) is 0 Å². The molecule has 0 saturated heterocycles. The normalized spacial score (nSPS) is 10.5. The van der Waals surface area contributed by atoms with Crippen LogP contribution in [0.3, 0.4) is 0 Å². The molecule has 0 atom stereocenters. The van der Waals surface area contributed by atoms with Crippen molar-refractivity contribution in [1.29, 1.82) is 0 Å². The largest absolute Gasteiger partial charge is 0.290 e. The second-order valence-electron chi connectivity index (χ2n) is 2.43. The first-order valence-electron chi connectivity index (χ1n) is 3.41. The average molecular weight is 188 g/mol. The predicted molar refractivity (Wildman–Crippen MR) is 40.6 cm³/mol. The molecule has 0 saturated carbocycles. The Morgan fingerprint density at radius 3 is 2.69 bits per heavy atom. The van der Waals surface area contributed by atoms with Crippen molar-refractivity contribution in [1.82, 2.24) is 4.98 Å². The van der Waals surface area contributed by atoms with Crippen molar-refractivity contribution in [3.05, 3.63) is 33.6 Å². The van der Waals surface area contributed by atoms with Crippen LogP contribution in [0.15, 0.2) is 12.3 Å². The minimum Gasteiger partial charge on any atom is -0.258 e. The van der Waals surface area contributed by atoms with E-state index in [1.807, 2.05) is 0 Å². The predicted octanol–water partition coefficient (Wildman–Crippen LogP) is 2.24. The van der Waals surface area contributed by atoms with Gasteiger partial charge >= 0.3 is 0 Å². The molecular weight excluding hydrogens is 182 g/mol. The van der Waals surface area contributed by atoms with E-state index in [1.165, 1.54) is 6.92 Å². The third kappa shape index (κ3) is 1.95. The van der Waals surface area contributed by atoms with Gasteiger partial charge < -0.3 is 0 Å². The van der Waals surface area contributed by atoms with Crippen molar-refractivity contribution in [3.63, 3.8) is 0 Å². The quantitative estimate of drug-likeness (QED) is 0.528. The molecule has 0 aliphatic rings. The van der Waals surface area contributed by atoms with Gasteiger partial charge in [0, 0.05) is 17.8 Å². The van der Waals surface area contributed by atoms with Crippen molar-refractivity contribution in [2.45, 2.75) is 13.3 Å². The topological polar surface area (TPSA) is 56.0 Å². The molecule has 0 unspecified atom stereocenters. The number of nitro groups is 1. The van der Waals surface area contributed by atoms with E-state index in [-0.39, 0.29) is 11.4 Å². The van der Waals surface area contributed by atoms with Crippen LogP contribution in [0.1, 0.15) is 17.7 Å². The van der Waals surface area contributed by atoms with Crippen LogP contribution in [-0.4, -0.2) is 9.91 Å². The highest BCUT2D eigenvalue weighted by Crippen LogP contribution is 2.23. The number of hydrogen-bond acceptors (Lipinski definition) is 3. The first-order valence-corrected chi connectivity index (χ1v) is 3.41. The summed E-state index contributed by atoms with van der Waals surface area (Å²) in [4.78, 5) is 13.1. The maximum atomic E-state index is 12.1. The molecule has 0 fully saturated rings. The third-order valence-electron chi connectivity index (χ3n) is 1.53. The molecule has 0 amide bonds. The zero-order valence-corrected chi connectivity index (χ0v) is 6.70. The lowest BCUT2D eigenvalue weighted by Gasteiger charge is -2.00. The molecule has 0 aliphatic carbocycles. The van der Waals surface area contributed by atoms with Crippen LogP contribution < -0.4 is 0 Å². The van der Waals surface area contributed by atoms with Crippen molar-refractivity contribution < 1.29 is 13.7 Å². The standard InChI is InChI=1S/C7H6F2N2O2/c1-4-6(11(12)13)2-5(3-10-4)7(8)9/h2-3,7H,1H3. The number of nitrogens with zero attached hydrogens (tertiary/aromatic N) is 2. The molecule has 1 heterocycles. The summed E-state index contributed by atoms with van der Waals surface area (Å²) in [5.41, 5.74) is -0.676. The Labute approximate surface area is 72.4 Å². The molecule has 0 N–H and O–H groups in total. The second-order valence-corrected chi connectivity index (χ2v) is 2.43. The zero-order chi connectivity index (χ0) is 10.0. The van der Waals surface area contributed by atoms with Crippen LogP contribution in [0, 0.1) is 17.0 Å². The monoisotopic (exact) mass is 188 g/mol. The molecule has 13 heavy (non-hydrogen) atoms. The summed E-state index contributed by atoms with van der Waals surface area (Å²) in [7, 11) is 0. The van der Waals surface area contributed by atoms with Crippen LogP contribution in [0.5, 0.6) is 0 Å². The van der Waals surface area contributed by atoms with Crippen molar-refractivity contribution >= 4 is 5.69 Å². The van der Waals surface area contributed by atoms with Gasteiger partial charge in [0.15, 0.2) is 0 Å². The van der Waals surface area contributed by atoms with Gasteiger partial charge in [0.25, 0.3) is 12.1 Å². The highest BCUT2D eigenvalue weighted by molar-refractivity contribution is 5.37. The van der Waals surface area contributed by atoms with Crippen molar-refractivity contribution in [2.24, 2.45) is 0 Å². The fourth-order valence-corrected chi connectivity index (χ4v) is 0.841. The lowest BCUT2D eigenvalue weighted by molar-refractivity contribution is -0.385. The number of aromatic nitrogens is 1.